The number of carbonyl (C=O) groups is 1. The molecule has 2 aromatic carbocycles. The molecule has 0 atom stereocenters. The summed E-state index contributed by atoms with van der Waals surface area (Å²) in [5.41, 5.74) is 2.32. The lowest BCUT2D eigenvalue weighted by Gasteiger charge is -2.18. The summed E-state index contributed by atoms with van der Waals surface area (Å²) in [5.74, 6) is 0.131. The third-order valence-electron chi connectivity index (χ3n) is 3.57. The van der Waals surface area contributed by atoms with E-state index in [1.807, 2.05) is 43.3 Å². The highest BCUT2D eigenvalue weighted by molar-refractivity contribution is 5.77. The molecule has 3 nitrogen and oxygen atoms in total. The molecule has 2 rings (SSSR count). The summed E-state index contributed by atoms with van der Waals surface area (Å²) >= 11 is 0. The Morgan fingerprint density at radius 1 is 1.00 bits per heavy atom. The molecule has 0 heterocycles. The minimum absolute atomic E-state index is 0.0532. The number of ether oxygens (including phenoxy) is 1. The monoisotopic (exact) mass is 297 g/mol. The van der Waals surface area contributed by atoms with Crippen LogP contribution in [0.2, 0.25) is 0 Å². The maximum absolute atomic E-state index is 12.2. The zero-order valence-electron chi connectivity index (χ0n) is 13.0. The Labute approximate surface area is 132 Å². The average molecular weight is 297 g/mol. The maximum atomic E-state index is 12.2. The van der Waals surface area contributed by atoms with Gasteiger partial charge in [0.15, 0.2) is 0 Å². The molecule has 2 aromatic rings. The summed E-state index contributed by atoms with van der Waals surface area (Å²) in [7, 11) is 0. The van der Waals surface area contributed by atoms with Crippen molar-refractivity contribution in [3.05, 3.63) is 71.8 Å². The van der Waals surface area contributed by atoms with E-state index in [-0.39, 0.29) is 11.8 Å². The van der Waals surface area contributed by atoms with E-state index in [0.29, 0.717) is 26.2 Å². The van der Waals surface area contributed by atoms with E-state index in [1.54, 1.807) is 0 Å². The van der Waals surface area contributed by atoms with E-state index < -0.39 is 0 Å². The summed E-state index contributed by atoms with van der Waals surface area (Å²) in [6, 6.07) is 20.3. The molecule has 0 aliphatic carbocycles. The standard InChI is InChI=1S/C19H23NO2/c1-2-22-14-13-20-19(21)15-18(16-9-5-3-6-10-16)17-11-7-4-8-12-17/h3-12,18H,2,13-15H2,1H3,(H,20,21). The third-order valence-corrected chi connectivity index (χ3v) is 3.57. The molecule has 22 heavy (non-hydrogen) atoms. The van der Waals surface area contributed by atoms with E-state index in [4.69, 9.17) is 4.74 Å². The summed E-state index contributed by atoms with van der Waals surface area (Å²) in [5, 5.41) is 2.92. The van der Waals surface area contributed by atoms with Gasteiger partial charge in [-0.25, -0.2) is 0 Å². The van der Waals surface area contributed by atoms with Crippen LogP contribution in [0.25, 0.3) is 0 Å². The predicted octanol–water partition coefficient (Wildman–Crippen LogP) is 3.36. The second kappa shape index (κ2) is 9.00. The molecule has 1 amide bonds. The molecule has 3 heteroatoms. The van der Waals surface area contributed by atoms with Crippen LogP contribution in [0.3, 0.4) is 0 Å². The van der Waals surface area contributed by atoms with Crippen molar-refractivity contribution in [2.75, 3.05) is 19.8 Å². The molecule has 116 valence electrons. The van der Waals surface area contributed by atoms with Crippen LogP contribution in [0.4, 0.5) is 0 Å². The molecule has 0 aliphatic rings. The van der Waals surface area contributed by atoms with Crippen LogP contribution in [0.15, 0.2) is 60.7 Å². The molecule has 1 N–H and O–H groups in total. The van der Waals surface area contributed by atoms with Crippen LogP contribution < -0.4 is 5.32 Å². The van der Waals surface area contributed by atoms with Crippen LogP contribution in [-0.2, 0) is 9.53 Å². The van der Waals surface area contributed by atoms with Gasteiger partial charge in [0.2, 0.25) is 5.91 Å². The zero-order chi connectivity index (χ0) is 15.6. The fourth-order valence-corrected chi connectivity index (χ4v) is 2.46. The molecule has 0 saturated heterocycles. The van der Waals surface area contributed by atoms with Gasteiger partial charge < -0.3 is 10.1 Å². The number of rotatable bonds is 8. The normalized spacial score (nSPS) is 10.6. The molecule has 0 radical (unpaired) electrons. The average Bonchev–Trinajstić information content (AvgIpc) is 2.58. The number of benzene rings is 2. The first-order valence-electron chi connectivity index (χ1n) is 7.75. The van der Waals surface area contributed by atoms with Crippen molar-refractivity contribution in [3.63, 3.8) is 0 Å². The molecule has 0 saturated carbocycles. The SMILES string of the molecule is CCOCCNC(=O)CC(c1ccccc1)c1ccccc1. The van der Waals surface area contributed by atoms with Gasteiger partial charge in [-0.05, 0) is 18.1 Å². The van der Waals surface area contributed by atoms with E-state index in [1.165, 1.54) is 0 Å². The first-order valence-corrected chi connectivity index (χ1v) is 7.75. The van der Waals surface area contributed by atoms with Gasteiger partial charge in [0.1, 0.15) is 0 Å². The number of hydrogen-bond acceptors (Lipinski definition) is 2. The van der Waals surface area contributed by atoms with Gasteiger partial charge in [-0.1, -0.05) is 60.7 Å². The Morgan fingerprint density at radius 2 is 1.55 bits per heavy atom. The second-order valence-electron chi connectivity index (χ2n) is 5.12. The van der Waals surface area contributed by atoms with E-state index in [0.717, 1.165) is 11.1 Å². The highest BCUT2D eigenvalue weighted by Crippen LogP contribution is 2.27. The number of amides is 1. The van der Waals surface area contributed by atoms with Gasteiger partial charge in [-0.15, -0.1) is 0 Å². The Kier molecular flexibility index (Phi) is 6.65. The Morgan fingerprint density at radius 3 is 2.05 bits per heavy atom. The lowest BCUT2D eigenvalue weighted by Crippen LogP contribution is -2.28. The number of carbonyl (C=O) groups excluding carboxylic acids is 1. The smallest absolute Gasteiger partial charge is 0.221 e. The first-order chi connectivity index (χ1) is 10.8. The molecule has 0 aliphatic heterocycles. The highest BCUT2D eigenvalue weighted by Gasteiger charge is 2.17. The van der Waals surface area contributed by atoms with Gasteiger partial charge >= 0.3 is 0 Å². The van der Waals surface area contributed by atoms with Gasteiger partial charge in [-0.2, -0.15) is 0 Å². The van der Waals surface area contributed by atoms with E-state index in [2.05, 4.69) is 29.6 Å². The molecule has 0 bridgehead atoms. The van der Waals surface area contributed by atoms with E-state index in [9.17, 15) is 4.79 Å². The van der Waals surface area contributed by atoms with Gasteiger partial charge in [0.25, 0.3) is 0 Å². The molecule has 0 unspecified atom stereocenters. The highest BCUT2D eigenvalue weighted by atomic mass is 16.5. The van der Waals surface area contributed by atoms with Gasteiger partial charge in [0, 0.05) is 25.5 Å². The van der Waals surface area contributed by atoms with Crippen molar-refractivity contribution < 1.29 is 9.53 Å². The van der Waals surface area contributed by atoms with Gasteiger partial charge in [-0.3, -0.25) is 4.79 Å². The third kappa shape index (κ3) is 5.01. The van der Waals surface area contributed by atoms with Crippen molar-refractivity contribution in [1.29, 1.82) is 0 Å². The van der Waals surface area contributed by atoms with Crippen LogP contribution in [0.1, 0.15) is 30.4 Å². The fraction of sp³-hybridized carbons (Fsp3) is 0.316. The second-order valence-corrected chi connectivity index (χ2v) is 5.12. The molecule has 0 aromatic heterocycles. The maximum Gasteiger partial charge on any atom is 0.221 e. The summed E-state index contributed by atoms with van der Waals surface area (Å²) in [6.45, 7) is 3.74. The lowest BCUT2D eigenvalue weighted by atomic mass is 9.88. The molecule has 0 fully saturated rings. The first kappa shape index (κ1) is 16.2. The largest absolute Gasteiger partial charge is 0.380 e. The van der Waals surface area contributed by atoms with Crippen LogP contribution in [0.5, 0.6) is 0 Å². The fourth-order valence-electron chi connectivity index (χ4n) is 2.46. The van der Waals surface area contributed by atoms with Crippen LogP contribution >= 0.6 is 0 Å². The summed E-state index contributed by atoms with van der Waals surface area (Å²) < 4.78 is 5.24. The number of hydrogen-bond donors (Lipinski definition) is 1. The van der Waals surface area contributed by atoms with Crippen LogP contribution in [0, 0.1) is 0 Å². The summed E-state index contributed by atoms with van der Waals surface area (Å²) in [4.78, 5) is 12.2. The molecular formula is C19H23NO2. The Hall–Kier alpha value is -2.13. The molecule has 0 spiro atoms. The zero-order valence-corrected chi connectivity index (χ0v) is 13.0. The van der Waals surface area contributed by atoms with Crippen LogP contribution in [-0.4, -0.2) is 25.7 Å². The minimum atomic E-state index is 0.0532. The lowest BCUT2D eigenvalue weighted by molar-refractivity contribution is -0.121. The van der Waals surface area contributed by atoms with Crippen molar-refractivity contribution >= 4 is 5.91 Å². The number of nitrogens with one attached hydrogen (secondary N) is 1. The Bertz CT molecular complexity index is 515. The summed E-state index contributed by atoms with van der Waals surface area (Å²) in [6.07, 6.45) is 0.445. The Balaban J connectivity index is 2.04. The van der Waals surface area contributed by atoms with Gasteiger partial charge in [0.05, 0.1) is 6.61 Å². The minimum Gasteiger partial charge on any atom is -0.380 e. The molecular weight excluding hydrogens is 274 g/mol. The van der Waals surface area contributed by atoms with Crippen molar-refractivity contribution in [1.82, 2.24) is 5.32 Å². The van der Waals surface area contributed by atoms with Crippen molar-refractivity contribution in [3.8, 4) is 0 Å². The topological polar surface area (TPSA) is 38.3 Å². The van der Waals surface area contributed by atoms with Crippen molar-refractivity contribution in [2.24, 2.45) is 0 Å². The quantitative estimate of drug-likeness (QED) is 0.759. The van der Waals surface area contributed by atoms with Crippen molar-refractivity contribution in [2.45, 2.75) is 19.3 Å². The van der Waals surface area contributed by atoms with E-state index >= 15 is 0 Å². The predicted molar refractivity (Wildman–Crippen MR) is 88.8 cm³/mol.